The molecule has 0 saturated heterocycles. The first-order valence-corrected chi connectivity index (χ1v) is 10.6. The molecule has 0 fully saturated rings. The van der Waals surface area contributed by atoms with Crippen molar-refractivity contribution in [2.45, 2.75) is 4.90 Å². The highest BCUT2D eigenvalue weighted by atomic mass is 35.5. The summed E-state index contributed by atoms with van der Waals surface area (Å²) < 4.78 is 28.7. The molecule has 0 radical (unpaired) electrons. The predicted octanol–water partition coefficient (Wildman–Crippen LogP) is 5.01. The summed E-state index contributed by atoms with van der Waals surface area (Å²) in [6.07, 6.45) is 1.14. The average Bonchev–Trinajstić information content (AvgIpc) is 2.68. The molecule has 0 aliphatic rings. The van der Waals surface area contributed by atoms with E-state index in [1.54, 1.807) is 36.4 Å². The zero-order chi connectivity index (χ0) is 20.5. The number of nitriles is 1. The molecule has 8 heteroatoms. The van der Waals surface area contributed by atoms with E-state index in [-0.39, 0.29) is 16.3 Å². The van der Waals surface area contributed by atoms with Crippen molar-refractivity contribution in [1.29, 1.82) is 5.26 Å². The second-order valence-electron chi connectivity index (χ2n) is 5.98. The highest BCUT2D eigenvalue weighted by molar-refractivity contribution is 7.90. The van der Waals surface area contributed by atoms with Crippen molar-refractivity contribution >= 4 is 33.0 Å². The molecule has 2 aromatic carbocycles. The third-order valence-corrected chi connectivity index (χ3v) is 5.96. The number of aromatic nitrogens is 1. The van der Waals surface area contributed by atoms with E-state index in [0.717, 1.165) is 6.26 Å². The van der Waals surface area contributed by atoms with Crippen molar-refractivity contribution < 1.29 is 13.2 Å². The molecule has 0 bridgehead atoms. The second-order valence-corrected chi connectivity index (χ2v) is 8.81. The van der Waals surface area contributed by atoms with E-state index >= 15 is 0 Å². The van der Waals surface area contributed by atoms with Crippen LogP contribution < -0.4 is 4.74 Å². The minimum atomic E-state index is -3.32. The number of sulfone groups is 1. The Bertz CT molecular complexity index is 1200. The predicted molar refractivity (Wildman–Crippen MR) is 110 cm³/mol. The van der Waals surface area contributed by atoms with Gasteiger partial charge in [0.15, 0.2) is 9.84 Å². The van der Waals surface area contributed by atoms with Gasteiger partial charge in [-0.05, 0) is 35.9 Å². The lowest BCUT2D eigenvalue weighted by Crippen LogP contribution is -1.99. The molecule has 0 N–H and O–H groups in total. The number of rotatable bonds is 4. The first kappa shape index (κ1) is 20.2. The maximum Gasteiger partial charge on any atom is 0.232 e. The van der Waals surface area contributed by atoms with Crippen LogP contribution >= 0.6 is 23.2 Å². The van der Waals surface area contributed by atoms with Crippen LogP contribution in [0.4, 0.5) is 0 Å². The van der Waals surface area contributed by atoms with Crippen LogP contribution in [-0.2, 0) is 9.84 Å². The molecule has 3 aromatic rings. The van der Waals surface area contributed by atoms with Crippen LogP contribution in [0.2, 0.25) is 10.0 Å². The van der Waals surface area contributed by atoms with Gasteiger partial charge in [0, 0.05) is 17.4 Å². The van der Waals surface area contributed by atoms with Crippen molar-refractivity contribution in [1.82, 2.24) is 4.98 Å². The molecule has 0 spiro atoms. The smallest absolute Gasteiger partial charge is 0.232 e. The van der Waals surface area contributed by atoms with Crippen molar-refractivity contribution in [3.8, 4) is 34.3 Å². The van der Waals surface area contributed by atoms with E-state index in [9.17, 15) is 13.7 Å². The number of hydrogen-bond acceptors (Lipinski definition) is 5. The van der Waals surface area contributed by atoms with Gasteiger partial charge in [-0.1, -0.05) is 41.4 Å². The van der Waals surface area contributed by atoms with Gasteiger partial charge in [0.05, 0.1) is 27.7 Å². The zero-order valence-electron chi connectivity index (χ0n) is 14.9. The minimum absolute atomic E-state index is 0.181. The van der Waals surface area contributed by atoms with Crippen LogP contribution in [-0.4, -0.2) is 26.8 Å². The molecular formula is C20H14Cl2N2O3S. The summed E-state index contributed by atoms with van der Waals surface area (Å²) in [4.78, 5) is 4.69. The number of benzene rings is 2. The largest absolute Gasteiger partial charge is 0.480 e. The lowest BCUT2D eigenvalue weighted by atomic mass is 9.98. The molecule has 5 nitrogen and oxygen atoms in total. The summed E-state index contributed by atoms with van der Waals surface area (Å²) >= 11 is 12.2. The molecule has 0 amide bonds. The van der Waals surface area contributed by atoms with Crippen molar-refractivity contribution in [3.63, 3.8) is 0 Å². The van der Waals surface area contributed by atoms with Gasteiger partial charge in [0.2, 0.25) is 5.88 Å². The number of halogens is 2. The normalized spacial score (nSPS) is 11.1. The van der Waals surface area contributed by atoms with Crippen LogP contribution in [0.1, 0.15) is 5.56 Å². The van der Waals surface area contributed by atoms with Gasteiger partial charge in [-0.25, -0.2) is 13.4 Å². The van der Waals surface area contributed by atoms with E-state index in [1.807, 2.05) is 0 Å². The van der Waals surface area contributed by atoms with Crippen LogP contribution in [0.15, 0.2) is 53.4 Å². The number of nitrogens with zero attached hydrogens (tertiary/aromatic N) is 2. The van der Waals surface area contributed by atoms with Gasteiger partial charge in [0.25, 0.3) is 0 Å². The van der Waals surface area contributed by atoms with Crippen LogP contribution in [0, 0.1) is 11.3 Å². The Kier molecular flexibility index (Phi) is 5.61. The van der Waals surface area contributed by atoms with Crippen LogP contribution in [0.5, 0.6) is 5.88 Å². The highest BCUT2D eigenvalue weighted by Crippen LogP contribution is 2.37. The zero-order valence-corrected chi connectivity index (χ0v) is 17.2. The third-order valence-electron chi connectivity index (χ3n) is 4.09. The summed E-state index contributed by atoms with van der Waals surface area (Å²) in [6.45, 7) is 0. The first-order chi connectivity index (χ1) is 13.2. The van der Waals surface area contributed by atoms with Crippen LogP contribution in [0.25, 0.3) is 22.4 Å². The summed E-state index contributed by atoms with van der Waals surface area (Å²) in [5.74, 6) is 0.181. The van der Waals surface area contributed by atoms with Gasteiger partial charge >= 0.3 is 0 Å². The Labute approximate surface area is 173 Å². The maximum atomic E-state index is 11.7. The summed E-state index contributed by atoms with van der Waals surface area (Å²) in [7, 11) is -1.89. The molecule has 0 atom stereocenters. The fourth-order valence-corrected chi connectivity index (χ4v) is 3.63. The second kappa shape index (κ2) is 7.80. The van der Waals surface area contributed by atoms with E-state index in [4.69, 9.17) is 27.9 Å². The molecule has 0 unspecified atom stereocenters. The topological polar surface area (TPSA) is 80.0 Å². The molecule has 1 heterocycles. The van der Waals surface area contributed by atoms with E-state index in [1.165, 1.54) is 19.2 Å². The number of ether oxygens (including phenoxy) is 1. The Morgan fingerprint density at radius 2 is 1.64 bits per heavy atom. The standard InChI is InChI=1S/C20H14Cl2N2O3S/c1-27-20-14(11-23)9-16(12-3-6-15(7-4-12)28(2,25)26)19(24-20)13-5-8-17(21)18(22)10-13/h3-10H,1-2H3. The molecule has 3 rings (SSSR count). The Morgan fingerprint density at radius 3 is 2.18 bits per heavy atom. The fourth-order valence-electron chi connectivity index (χ4n) is 2.70. The van der Waals surface area contributed by atoms with Gasteiger partial charge in [-0.15, -0.1) is 0 Å². The van der Waals surface area contributed by atoms with Crippen molar-refractivity contribution in [3.05, 3.63) is 64.1 Å². The van der Waals surface area contributed by atoms with Crippen molar-refractivity contribution in [2.75, 3.05) is 13.4 Å². The first-order valence-electron chi connectivity index (χ1n) is 7.99. The highest BCUT2D eigenvalue weighted by Gasteiger charge is 2.17. The monoisotopic (exact) mass is 432 g/mol. The molecule has 28 heavy (non-hydrogen) atoms. The van der Waals surface area contributed by atoms with E-state index in [2.05, 4.69) is 11.1 Å². The lowest BCUT2D eigenvalue weighted by molar-refractivity contribution is 0.397. The number of methoxy groups -OCH3 is 1. The van der Waals surface area contributed by atoms with Gasteiger partial charge in [0.1, 0.15) is 11.6 Å². The van der Waals surface area contributed by atoms with Gasteiger partial charge in [-0.3, -0.25) is 0 Å². The third kappa shape index (κ3) is 3.97. The Balaban J connectivity index is 2.26. The SMILES string of the molecule is COc1nc(-c2ccc(Cl)c(Cl)c2)c(-c2ccc(S(C)(=O)=O)cc2)cc1C#N. The molecule has 1 aromatic heterocycles. The molecule has 0 aliphatic carbocycles. The van der Waals surface area contributed by atoms with Crippen molar-refractivity contribution in [2.24, 2.45) is 0 Å². The lowest BCUT2D eigenvalue weighted by Gasteiger charge is -2.13. The minimum Gasteiger partial charge on any atom is -0.480 e. The quantitative estimate of drug-likeness (QED) is 0.578. The summed E-state index contributed by atoms with van der Waals surface area (Å²) in [6, 6.07) is 15.2. The Morgan fingerprint density at radius 1 is 1.00 bits per heavy atom. The number of pyridine rings is 1. The van der Waals surface area contributed by atoms with Gasteiger partial charge < -0.3 is 4.74 Å². The van der Waals surface area contributed by atoms with Crippen LogP contribution in [0.3, 0.4) is 0 Å². The molecular weight excluding hydrogens is 419 g/mol. The molecule has 0 aliphatic heterocycles. The van der Waals surface area contributed by atoms with Gasteiger partial charge in [-0.2, -0.15) is 5.26 Å². The summed E-state index contributed by atoms with van der Waals surface area (Å²) in [5, 5.41) is 10.2. The van der Waals surface area contributed by atoms with E-state index in [0.29, 0.717) is 32.4 Å². The fraction of sp³-hybridized carbons (Fsp3) is 0.100. The maximum absolute atomic E-state index is 11.7. The average molecular weight is 433 g/mol. The Hall–Kier alpha value is -2.59. The summed E-state index contributed by atoms with van der Waals surface area (Å²) in [5.41, 5.74) is 2.80. The molecule has 0 saturated carbocycles. The number of hydrogen-bond donors (Lipinski definition) is 0. The molecule has 142 valence electrons. The van der Waals surface area contributed by atoms with E-state index < -0.39 is 9.84 Å².